The van der Waals surface area contributed by atoms with Gasteiger partial charge in [0, 0.05) is 29.6 Å². The first-order valence-corrected chi connectivity index (χ1v) is 7.93. The molecule has 0 unspecified atom stereocenters. The fourth-order valence-electron chi connectivity index (χ4n) is 1.64. The van der Waals surface area contributed by atoms with E-state index in [1.54, 1.807) is 24.7 Å². The highest BCUT2D eigenvalue weighted by atomic mass is 35.7. The van der Waals surface area contributed by atoms with E-state index in [-0.39, 0.29) is 16.5 Å². The number of rotatable bonds is 3. The fourth-order valence-corrected chi connectivity index (χ4v) is 2.48. The molecule has 1 heterocycles. The molecule has 20 heavy (non-hydrogen) atoms. The maximum absolute atomic E-state index is 11.9. The first-order chi connectivity index (χ1) is 9.27. The Balaban J connectivity index is 2.25. The van der Waals surface area contributed by atoms with Crippen LogP contribution in [0.5, 0.6) is 0 Å². The van der Waals surface area contributed by atoms with Crippen LogP contribution in [0.4, 0.5) is 5.69 Å². The van der Waals surface area contributed by atoms with Crippen LogP contribution in [0, 0.1) is 6.92 Å². The number of nitrogens with zero attached hydrogens (tertiary/aromatic N) is 2. The molecule has 8 heteroatoms. The maximum atomic E-state index is 11.9. The van der Waals surface area contributed by atoms with Gasteiger partial charge in [-0.1, -0.05) is 0 Å². The summed E-state index contributed by atoms with van der Waals surface area (Å²) < 4.78 is 24.1. The molecule has 0 spiro atoms. The number of carbonyl (C=O) groups excluding carboxylic acids is 1. The van der Waals surface area contributed by atoms with Crippen molar-refractivity contribution in [3.63, 3.8) is 0 Å². The molecule has 1 aromatic carbocycles. The molecule has 1 aromatic heterocycles. The molecule has 0 bridgehead atoms. The summed E-state index contributed by atoms with van der Waals surface area (Å²) in [5.41, 5.74) is 1.38. The average molecular weight is 314 g/mol. The summed E-state index contributed by atoms with van der Waals surface area (Å²) in [4.78, 5) is 15.9. The smallest absolute Gasteiger partial charge is 0.275 e. The largest absolute Gasteiger partial charge is 0.340 e. The number of benzene rings is 1. The number of hydrogen-bond donors (Lipinski definition) is 1. The number of carbonyl (C=O) groups is 1. The van der Waals surface area contributed by atoms with Gasteiger partial charge in [0.1, 0.15) is 5.69 Å². The van der Waals surface area contributed by atoms with E-state index < -0.39 is 9.05 Å². The van der Waals surface area contributed by atoms with Crippen molar-refractivity contribution < 1.29 is 13.2 Å². The van der Waals surface area contributed by atoms with E-state index in [1.165, 1.54) is 24.5 Å². The Bertz CT molecular complexity index is 768. The van der Waals surface area contributed by atoms with Crippen molar-refractivity contribution >= 4 is 31.3 Å². The minimum atomic E-state index is -3.78. The van der Waals surface area contributed by atoms with Gasteiger partial charge in [-0.05, 0) is 30.7 Å². The van der Waals surface area contributed by atoms with Crippen LogP contribution >= 0.6 is 10.7 Å². The molecule has 0 atom stereocenters. The van der Waals surface area contributed by atoms with Crippen LogP contribution in [0.25, 0.3) is 0 Å². The Labute approximate surface area is 120 Å². The lowest BCUT2D eigenvalue weighted by Crippen LogP contribution is -2.13. The molecular weight excluding hydrogens is 302 g/mol. The zero-order valence-electron chi connectivity index (χ0n) is 10.8. The highest BCUT2D eigenvalue weighted by Gasteiger charge is 2.14. The lowest BCUT2D eigenvalue weighted by molar-refractivity contribution is 0.102. The third-order valence-corrected chi connectivity index (χ3v) is 4.02. The third kappa shape index (κ3) is 3.17. The number of amides is 1. The fraction of sp³-hybridized carbons (Fsp3) is 0.167. The van der Waals surface area contributed by atoms with Gasteiger partial charge >= 0.3 is 0 Å². The van der Waals surface area contributed by atoms with Crippen molar-refractivity contribution in [2.75, 3.05) is 5.32 Å². The minimum absolute atomic E-state index is 0.00694. The van der Waals surface area contributed by atoms with Gasteiger partial charge in [0.05, 0.1) is 11.2 Å². The van der Waals surface area contributed by atoms with E-state index in [2.05, 4.69) is 10.3 Å². The molecule has 0 aliphatic heterocycles. The first kappa shape index (κ1) is 14.5. The Morgan fingerprint density at radius 2 is 2.10 bits per heavy atom. The molecule has 0 aliphatic carbocycles. The minimum Gasteiger partial charge on any atom is -0.340 e. The number of hydrogen-bond acceptors (Lipinski definition) is 4. The highest BCUT2D eigenvalue weighted by Crippen LogP contribution is 2.22. The van der Waals surface area contributed by atoms with Gasteiger partial charge in [-0.15, -0.1) is 0 Å². The van der Waals surface area contributed by atoms with Crippen molar-refractivity contribution in [2.24, 2.45) is 7.05 Å². The van der Waals surface area contributed by atoms with Crippen molar-refractivity contribution in [2.45, 2.75) is 11.8 Å². The van der Waals surface area contributed by atoms with Crippen molar-refractivity contribution in [3.8, 4) is 0 Å². The zero-order valence-corrected chi connectivity index (χ0v) is 12.4. The molecule has 6 nitrogen and oxygen atoms in total. The van der Waals surface area contributed by atoms with Gasteiger partial charge in [0.15, 0.2) is 0 Å². The van der Waals surface area contributed by atoms with Gasteiger partial charge in [-0.25, -0.2) is 13.4 Å². The molecule has 0 radical (unpaired) electrons. The van der Waals surface area contributed by atoms with E-state index >= 15 is 0 Å². The van der Waals surface area contributed by atoms with Crippen molar-refractivity contribution in [1.82, 2.24) is 9.55 Å². The second-order valence-corrected chi connectivity index (χ2v) is 6.86. The monoisotopic (exact) mass is 313 g/mol. The molecule has 1 N–H and O–H groups in total. The lowest BCUT2D eigenvalue weighted by Gasteiger charge is -2.08. The van der Waals surface area contributed by atoms with E-state index in [1.807, 2.05) is 0 Å². The molecule has 0 aliphatic rings. The summed E-state index contributed by atoms with van der Waals surface area (Å²) in [5, 5.41) is 2.67. The molecule has 0 saturated heterocycles. The summed E-state index contributed by atoms with van der Waals surface area (Å²) >= 11 is 0. The summed E-state index contributed by atoms with van der Waals surface area (Å²) in [6, 6.07) is 4.23. The first-order valence-electron chi connectivity index (χ1n) is 5.62. The van der Waals surface area contributed by atoms with Gasteiger partial charge in [0.25, 0.3) is 15.0 Å². The second kappa shape index (κ2) is 5.26. The van der Waals surface area contributed by atoms with E-state index in [9.17, 15) is 13.2 Å². The number of nitrogens with one attached hydrogen (secondary N) is 1. The van der Waals surface area contributed by atoms with Crippen LogP contribution in [0.2, 0.25) is 0 Å². The van der Waals surface area contributed by atoms with Gasteiger partial charge in [0.2, 0.25) is 0 Å². The lowest BCUT2D eigenvalue weighted by atomic mass is 10.2. The summed E-state index contributed by atoms with van der Waals surface area (Å²) in [5.74, 6) is -0.366. The van der Waals surface area contributed by atoms with E-state index in [4.69, 9.17) is 10.7 Å². The summed E-state index contributed by atoms with van der Waals surface area (Å²) in [6.45, 7) is 1.68. The van der Waals surface area contributed by atoms with Gasteiger partial charge in [-0.3, -0.25) is 4.79 Å². The molecule has 2 aromatic rings. The Morgan fingerprint density at radius 1 is 1.40 bits per heavy atom. The predicted molar refractivity (Wildman–Crippen MR) is 75.4 cm³/mol. The van der Waals surface area contributed by atoms with Crippen LogP contribution in [0.15, 0.2) is 35.6 Å². The molecule has 0 saturated carbocycles. The van der Waals surface area contributed by atoms with E-state index in [0.29, 0.717) is 11.3 Å². The second-order valence-electron chi connectivity index (χ2n) is 4.29. The van der Waals surface area contributed by atoms with Crippen molar-refractivity contribution in [3.05, 3.63) is 42.0 Å². The number of halogens is 1. The number of aromatic nitrogens is 2. The van der Waals surface area contributed by atoms with Crippen LogP contribution in [0.3, 0.4) is 0 Å². The summed E-state index contributed by atoms with van der Waals surface area (Å²) in [7, 11) is 3.24. The Kier molecular flexibility index (Phi) is 3.82. The van der Waals surface area contributed by atoms with Gasteiger partial charge < -0.3 is 9.88 Å². The van der Waals surface area contributed by atoms with Crippen LogP contribution in [0.1, 0.15) is 16.1 Å². The Hall–Kier alpha value is -1.86. The van der Waals surface area contributed by atoms with Gasteiger partial charge in [-0.2, -0.15) is 0 Å². The Morgan fingerprint density at radius 3 is 2.60 bits per heavy atom. The SMILES string of the molecule is Cc1cc(S(=O)(=O)Cl)ccc1NC(=O)c1cn(C)cn1. The van der Waals surface area contributed by atoms with Crippen molar-refractivity contribution in [1.29, 1.82) is 0 Å². The zero-order chi connectivity index (χ0) is 14.9. The molecule has 106 valence electrons. The molecular formula is C12H12ClN3O3S. The topological polar surface area (TPSA) is 81.1 Å². The highest BCUT2D eigenvalue weighted by molar-refractivity contribution is 8.13. The normalized spacial score (nSPS) is 11.3. The molecule has 1 amide bonds. The van der Waals surface area contributed by atoms with Crippen LogP contribution in [-0.2, 0) is 16.1 Å². The average Bonchev–Trinajstić information content (AvgIpc) is 2.77. The molecule has 2 rings (SSSR count). The number of anilines is 1. The number of imidazole rings is 1. The standard InChI is InChI=1S/C12H12ClN3O3S/c1-8-5-9(20(13,18)19)3-4-10(8)15-12(17)11-6-16(2)7-14-11/h3-7H,1-2H3,(H,15,17). The van der Waals surface area contributed by atoms with Crippen LogP contribution in [-0.4, -0.2) is 23.9 Å². The third-order valence-electron chi connectivity index (χ3n) is 2.67. The predicted octanol–water partition coefficient (Wildman–Crippen LogP) is 1.91. The number of aryl methyl sites for hydroxylation is 2. The summed E-state index contributed by atoms with van der Waals surface area (Å²) in [6.07, 6.45) is 3.10. The van der Waals surface area contributed by atoms with Crippen LogP contribution < -0.4 is 5.32 Å². The quantitative estimate of drug-likeness (QED) is 0.878. The molecule has 0 fully saturated rings. The van der Waals surface area contributed by atoms with E-state index in [0.717, 1.165) is 0 Å². The maximum Gasteiger partial charge on any atom is 0.275 e.